The van der Waals surface area contributed by atoms with Gasteiger partial charge in [0.2, 0.25) is 0 Å². The van der Waals surface area contributed by atoms with Gasteiger partial charge in [0, 0.05) is 5.57 Å². The molecule has 2 atom stereocenters. The Bertz CT molecular complexity index is 335. The van der Waals surface area contributed by atoms with Gasteiger partial charge in [0.1, 0.15) is 5.60 Å². The summed E-state index contributed by atoms with van der Waals surface area (Å²) in [5, 5.41) is 8.91. The van der Waals surface area contributed by atoms with E-state index in [4.69, 9.17) is 9.84 Å². The Morgan fingerprint density at radius 2 is 1.94 bits per heavy atom. The van der Waals surface area contributed by atoms with Gasteiger partial charge in [0.05, 0.1) is 12.8 Å². The minimum atomic E-state index is -3.91. The van der Waals surface area contributed by atoms with Gasteiger partial charge in [-0.05, 0) is 13.8 Å². The summed E-state index contributed by atoms with van der Waals surface area (Å²) in [4.78, 5) is 11.2. The highest BCUT2D eigenvalue weighted by Gasteiger charge is 2.57. The molecular weight excluding hydrogens is 241 g/mol. The number of alkyl halides is 3. The fraction of sp³-hybridized carbons (Fsp3) is 0.700. The predicted molar refractivity (Wildman–Crippen MR) is 50.6 cm³/mol. The van der Waals surface area contributed by atoms with Crippen LogP contribution in [-0.2, 0) is 14.3 Å². The second-order valence-corrected chi connectivity index (χ2v) is 4.40. The van der Waals surface area contributed by atoms with Crippen molar-refractivity contribution in [1.29, 1.82) is 0 Å². The van der Waals surface area contributed by atoms with Crippen LogP contribution in [0.3, 0.4) is 0 Å². The number of halogens is 3. The van der Waals surface area contributed by atoms with Crippen molar-refractivity contribution in [3.05, 3.63) is 12.2 Å². The van der Waals surface area contributed by atoms with Crippen LogP contribution in [0.5, 0.6) is 0 Å². The molecule has 0 aliphatic carbocycles. The van der Waals surface area contributed by atoms with Gasteiger partial charge in [0.25, 0.3) is 0 Å². The van der Waals surface area contributed by atoms with Crippen LogP contribution < -0.4 is 0 Å². The van der Waals surface area contributed by atoms with Gasteiger partial charge in [-0.2, -0.15) is 13.2 Å². The fourth-order valence-electron chi connectivity index (χ4n) is 1.64. The van der Waals surface area contributed by atoms with E-state index in [0.29, 0.717) is 0 Å². The summed E-state index contributed by atoms with van der Waals surface area (Å²) in [7, 11) is 0. The molecule has 0 spiro atoms. The summed E-state index contributed by atoms with van der Waals surface area (Å²) in [6.45, 7) is 5.69. The molecule has 1 rings (SSSR count). The molecule has 0 radical (unpaired) electrons. The molecule has 1 aliphatic heterocycles. The number of esters is 1. The minimum Gasteiger partial charge on any atom is -0.455 e. The first-order valence-corrected chi connectivity index (χ1v) is 4.83. The number of rotatable bonds is 2. The molecular formula is C10H13F3O4. The Labute approximate surface area is 96.0 Å². The first kappa shape index (κ1) is 14.0. The summed E-state index contributed by atoms with van der Waals surface area (Å²) in [6.07, 6.45) is -5.84. The molecule has 0 saturated carbocycles. The summed E-state index contributed by atoms with van der Waals surface area (Å²) >= 11 is 0. The van der Waals surface area contributed by atoms with Crippen molar-refractivity contribution in [2.45, 2.75) is 44.4 Å². The Morgan fingerprint density at radius 1 is 1.41 bits per heavy atom. The molecule has 1 aliphatic rings. The van der Waals surface area contributed by atoms with Gasteiger partial charge in [-0.25, -0.2) is 4.79 Å². The van der Waals surface area contributed by atoms with Crippen molar-refractivity contribution in [3.63, 3.8) is 0 Å². The second kappa shape index (κ2) is 3.99. The van der Waals surface area contributed by atoms with Gasteiger partial charge >= 0.3 is 18.1 Å². The number of carbonyl (C=O) groups excluding carboxylic acids is 1. The van der Waals surface area contributed by atoms with E-state index in [-0.39, 0.29) is 5.57 Å². The molecule has 98 valence electrons. The first-order chi connectivity index (χ1) is 7.45. The van der Waals surface area contributed by atoms with E-state index in [2.05, 4.69) is 11.3 Å². The lowest BCUT2D eigenvalue weighted by atomic mass is 9.93. The van der Waals surface area contributed by atoms with Crippen LogP contribution >= 0.6 is 0 Å². The Balaban J connectivity index is 2.88. The maximum atomic E-state index is 13.2. The van der Waals surface area contributed by atoms with E-state index in [0.717, 1.165) is 6.92 Å². The van der Waals surface area contributed by atoms with Crippen molar-refractivity contribution in [3.8, 4) is 0 Å². The van der Waals surface area contributed by atoms with Gasteiger partial charge in [-0.15, -0.1) is 0 Å². The highest BCUT2D eigenvalue weighted by atomic mass is 19.3. The molecule has 0 amide bonds. The third-order valence-electron chi connectivity index (χ3n) is 2.16. The van der Waals surface area contributed by atoms with Gasteiger partial charge < -0.3 is 9.84 Å². The SMILES string of the molecule is C=C(C)C(=O)OC1(C)CC(O)(F)OC(F)(F)C1. The highest BCUT2D eigenvalue weighted by molar-refractivity contribution is 5.87. The number of carbonyl (C=O) groups is 1. The van der Waals surface area contributed by atoms with Crippen LogP contribution in [0.25, 0.3) is 0 Å². The van der Waals surface area contributed by atoms with Crippen LogP contribution in [0.2, 0.25) is 0 Å². The number of aliphatic hydroxyl groups is 1. The molecule has 1 fully saturated rings. The van der Waals surface area contributed by atoms with Crippen LogP contribution in [0, 0.1) is 0 Å². The minimum absolute atomic E-state index is 0.0107. The summed E-state index contributed by atoms with van der Waals surface area (Å²) < 4.78 is 47.4. The van der Waals surface area contributed by atoms with Crippen LogP contribution in [-0.4, -0.2) is 28.8 Å². The number of hydrogen-bond donors (Lipinski definition) is 1. The molecule has 0 aromatic heterocycles. The lowest BCUT2D eigenvalue weighted by molar-refractivity contribution is -0.443. The smallest absolute Gasteiger partial charge is 0.363 e. The Morgan fingerprint density at radius 3 is 2.35 bits per heavy atom. The standard InChI is InChI=1S/C10H13F3O4/c1-6(2)7(14)16-8(3)4-9(11,12)17-10(13,15)5-8/h15H,1,4-5H2,2-3H3. The molecule has 0 bridgehead atoms. The largest absolute Gasteiger partial charge is 0.455 e. The van der Waals surface area contributed by atoms with E-state index in [1.807, 2.05) is 0 Å². The van der Waals surface area contributed by atoms with Gasteiger partial charge in [-0.3, -0.25) is 4.74 Å². The van der Waals surface area contributed by atoms with Crippen LogP contribution in [0.15, 0.2) is 12.2 Å². The molecule has 17 heavy (non-hydrogen) atoms. The lowest BCUT2D eigenvalue weighted by Gasteiger charge is -2.41. The first-order valence-electron chi connectivity index (χ1n) is 4.83. The van der Waals surface area contributed by atoms with E-state index in [1.54, 1.807) is 0 Å². The van der Waals surface area contributed by atoms with E-state index in [9.17, 15) is 18.0 Å². The van der Waals surface area contributed by atoms with Crippen molar-refractivity contribution in [1.82, 2.24) is 0 Å². The molecule has 0 aromatic rings. The molecule has 1 N–H and O–H groups in total. The maximum Gasteiger partial charge on any atom is 0.363 e. The summed E-state index contributed by atoms with van der Waals surface area (Å²) in [5.74, 6) is -0.930. The normalized spacial score (nSPS) is 36.4. The lowest BCUT2D eigenvalue weighted by Crippen LogP contribution is -2.54. The van der Waals surface area contributed by atoms with Crippen LogP contribution in [0.1, 0.15) is 26.7 Å². The average molecular weight is 254 g/mol. The third kappa shape index (κ3) is 3.71. The summed E-state index contributed by atoms with van der Waals surface area (Å²) in [6, 6.07) is -3.54. The zero-order valence-electron chi connectivity index (χ0n) is 9.43. The molecule has 1 heterocycles. The number of hydrogen-bond acceptors (Lipinski definition) is 4. The van der Waals surface area contributed by atoms with E-state index < -0.39 is 36.6 Å². The van der Waals surface area contributed by atoms with Crippen molar-refractivity contribution in [2.24, 2.45) is 0 Å². The number of ether oxygens (including phenoxy) is 2. The van der Waals surface area contributed by atoms with Gasteiger partial charge in [0.15, 0.2) is 0 Å². The average Bonchev–Trinajstić information content (AvgIpc) is 1.94. The summed E-state index contributed by atoms with van der Waals surface area (Å²) in [5.41, 5.74) is -1.87. The van der Waals surface area contributed by atoms with Gasteiger partial charge in [-0.1, -0.05) is 6.58 Å². The molecule has 7 heteroatoms. The highest BCUT2D eigenvalue weighted by Crippen LogP contribution is 2.44. The topological polar surface area (TPSA) is 55.8 Å². The van der Waals surface area contributed by atoms with E-state index >= 15 is 0 Å². The van der Waals surface area contributed by atoms with Crippen molar-refractivity contribution >= 4 is 5.97 Å². The van der Waals surface area contributed by atoms with Crippen molar-refractivity contribution < 1.29 is 32.5 Å². The Hall–Kier alpha value is -1.08. The molecule has 0 aromatic carbocycles. The third-order valence-corrected chi connectivity index (χ3v) is 2.16. The van der Waals surface area contributed by atoms with E-state index in [1.165, 1.54) is 6.92 Å². The monoisotopic (exact) mass is 254 g/mol. The molecule has 4 nitrogen and oxygen atoms in total. The maximum absolute atomic E-state index is 13.2. The van der Waals surface area contributed by atoms with Crippen molar-refractivity contribution in [2.75, 3.05) is 0 Å². The zero-order chi connectivity index (χ0) is 13.5. The second-order valence-electron chi connectivity index (χ2n) is 4.40. The zero-order valence-corrected chi connectivity index (χ0v) is 9.43. The quantitative estimate of drug-likeness (QED) is 0.604. The molecule has 2 unspecified atom stereocenters. The fourth-order valence-corrected chi connectivity index (χ4v) is 1.64. The van der Waals surface area contributed by atoms with Crippen LogP contribution in [0.4, 0.5) is 13.2 Å². The predicted octanol–water partition coefficient (Wildman–Crippen LogP) is 1.88. The molecule has 1 saturated heterocycles. The Kier molecular flexibility index (Phi) is 3.28.